The number of fused-ring (bicyclic) bond motifs is 5. The van der Waals surface area contributed by atoms with Gasteiger partial charge in [-0.25, -0.2) is 0 Å². The van der Waals surface area contributed by atoms with Gasteiger partial charge in [0.1, 0.15) is 11.2 Å². The lowest BCUT2D eigenvalue weighted by Gasteiger charge is -2.27. The summed E-state index contributed by atoms with van der Waals surface area (Å²) in [5.74, 6) is 0. The van der Waals surface area contributed by atoms with E-state index in [0.717, 1.165) is 61.3 Å². The zero-order chi connectivity index (χ0) is 46.4. The summed E-state index contributed by atoms with van der Waals surface area (Å²) >= 11 is 0. The van der Waals surface area contributed by atoms with Gasteiger partial charge in [-0.15, -0.1) is 0 Å². The van der Waals surface area contributed by atoms with Crippen LogP contribution in [0.25, 0.3) is 110 Å². The van der Waals surface area contributed by atoms with Crippen LogP contribution in [-0.4, -0.2) is 0 Å². The molecule has 0 fully saturated rings. The topological polar surface area (TPSA) is 16.4 Å². The molecule has 2 heteroatoms. The fourth-order valence-electron chi connectivity index (χ4n) is 10.5. The second kappa shape index (κ2) is 17.4. The maximum atomic E-state index is 6.94. The highest BCUT2D eigenvalue weighted by molar-refractivity contribution is 6.18. The second-order valence-electron chi connectivity index (χ2n) is 18.0. The SMILES string of the molecule is c1ccc(-c2ccc(-c3ccccc3-c3ccc(N(c4ccc(-c5cccc(-c6cccc7ccccc67)c5)cc4)c4ccc(-c5cccc6ccccc56)c5oc6ccccc6c45)cc3)cc2)cc1. The average molecular weight is 892 g/mol. The van der Waals surface area contributed by atoms with Crippen molar-refractivity contribution in [3.63, 3.8) is 0 Å². The number of anilines is 3. The van der Waals surface area contributed by atoms with E-state index in [9.17, 15) is 0 Å². The predicted molar refractivity (Wildman–Crippen MR) is 296 cm³/mol. The Kier molecular flexibility index (Phi) is 10.2. The summed E-state index contributed by atoms with van der Waals surface area (Å²) in [6, 6.07) is 98.5. The molecule has 70 heavy (non-hydrogen) atoms. The van der Waals surface area contributed by atoms with E-state index in [0.29, 0.717) is 0 Å². The van der Waals surface area contributed by atoms with Crippen molar-refractivity contribution in [1.82, 2.24) is 0 Å². The molecule has 2 nitrogen and oxygen atoms in total. The van der Waals surface area contributed by atoms with Crippen LogP contribution in [0.5, 0.6) is 0 Å². The molecule has 0 amide bonds. The molecule has 0 N–H and O–H groups in total. The Labute approximate surface area is 407 Å². The third kappa shape index (κ3) is 7.31. The van der Waals surface area contributed by atoms with Crippen LogP contribution >= 0.6 is 0 Å². The fraction of sp³-hybridized carbons (Fsp3) is 0. The summed E-state index contributed by atoms with van der Waals surface area (Å²) in [6.45, 7) is 0. The van der Waals surface area contributed by atoms with Crippen LogP contribution in [0.3, 0.4) is 0 Å². The summed E-state index contributed by atoms with van der Waals surface area (Å²) in [7, 11) is 0. The lowest BCUT2D eigenvalue weighted by molar-refractivity contribution is 0.670. The molecule has 0 radical (unpaired) electrons. The Balaban J connectivity index is 0.942. The van der Waals surface area contributed by atoms with Gasteiger partial charge in [0, 0.05) is 22.3 Å². The first-order valence-corrected chi connectivity index (χ1v) is 24.0. The number of furan rings is 1. The van der Waals surface area contributed by atoms with E-state index in [4.69, 9.17) is 4.42 Å². The van der Waals surface area contributed by atoms with Crippen LogP contribution < -0.4 is 4.90 Å². The normalized spacial score (nSPS) is 11.4. The number of nitrogens with zero attached hydrogens (tertiary/aromatic N) is 1. The van der Waals surface area contributed by atoms with Crippen molar-refractivity contribution in [3.05, 3.63) is 273 Å². The Hall–Kier alpha value is -9.24. The van der Waals surface area contributed by atoms with Gasteiger partial charge in [-0.2, -0.15) is 0 Å². The van der Waals surface area contributed by atoms with E-state index >= 15 is 0 Å². The summed E-state index contributed by atoms with van der Waals surface area (Å²) in [5.41, 5.74) is 19.0. The maximum absolute atomic E-state index is 6.94. The first-order valence-electron chi connectivity index (χ1n) is 24.0. The quantitative estimate of drug-likeness (QED) is 0.144. The van der Waals surface area contributed by atoms with Crippen molar-refractivity contribution < 1.29 is 4.42 Å². The number of benzene rings is 12. The molecule has 0 aliphatic heterocycles. The lowest BCUT2D eigenvalue weighted by atomic mass is 9.93. The van der Waals surface area contributed by atoms with Crippen LogP contribution in [0, 0.1) is 0 Å². The zero-order valence-electron chi connectivity index (χ0n) is 38.3. The molecule has 12 aromatic carbocycles. The first-order chi connectivity index (χ1) is 34.7. The Morgan fingerprint density at radius 3 is 1.39 bits per heavy atom. The average Bonchev–Trinajstić information content (AvgIpc) is 3.84. The predicted octanol–water partition coefficient (Wildman–Crippen LogP) is 19.4. The number of hydrogen-bond acceptors (Lipinski definition) is 2. The van der Waals surface area contributed by atoms with E-state index in [1.165, 1.54) is 66.1 Å². The van der Waals surface area contributed by atoms with Gasteiger partial charge in [-0.3, -0.25) is 0 Å². The highest BCUT2D eigenvalue weighted by Crippen LogP contribution is 2.48. The van der Waals surface area contributed by atoms with Crippen LogP contribution in [0.4, 0.5) is 17.1 Å². The molecule has 0 bridgehead atoms. The molecule has 0 aliphatic carbocycles. The molecule has 13 rings (SSSR count). The molecular formula is C68H45NO. The first kappa shape index (κ1) is 41.0. The van der Waals surface area contributed by atoms with Crippen molar-refractivity contribution in [1.29, 1.82) is 0 Å². The van der Waals surface area contributed by atoms with Crippen molar-refractivity contribution in [2.24, 2.45) is 0 Å². The summed E-state index contributed by atoms with van der Waals surface area (Å²) in [4.78, 5) is 2.39. The fourth-order valence-corrected chi connectivity index (χ4v) is 10.5. The van der Waals surface area contributed by atoms with Gasteiger partial charge < -0.3 is 9.32 Å². The zero-order valence-corrected chi connectivity index (χ0v) is 38.3. The standard InChI is InChI=1S/C68H45NO/c1-2-15-46(16-3-1)47-31-33-51(34-32-47)58-24-8-9-25-59(58)52-37-41-56(42-38-52)69(55-39-35-48(36-40-55)53-21-12-22-54(45-53)61-28-13-19-49-17-4-6-23-57(49)61)65-44-43-63(62-29-14-20-50-18-5-7-26-60(50)62)68-67(65)64-27-10-11-30-66(64)70-68/h1-45H. The molecule has 328 valence electrons. The molecule has 0 atom stereocenters. The summed E-state index contributed by atoms with van der Waals surface area (Å²) < 4.78 is 6.94. The number of para-hydroxylation sites is 1. The van der Waals surface area contributed by atoms with E-state index in [1.54, 1.807) is 0 Å². The van der Waals surface area contributed by atoms with Gasteiger partial charge in [-0.05, 0) is 131 Å². The molecule has 0 spiro atoms. The molecule has 0 unspecified atom stereocenters. The van der Waals surface area contributed by atoms with Gasteiger partial charge in [0.05, 0.1) is 11.1 Å². The Morgan fingerprint density at radius 2 is 0.700 bits per heavy atom. The number of hydrogen-bond donors (Lipinski definition) is 0. The van der Waals surface area contributed by atoms with Gasteiger partial charge >= 0.3 is 0 Å². The maximum Gasteiger partial charge on any atom is 0.145 e. The van der Waals surface area contributed by atoms with Crippen molar-refractivity contribution in [3.8, 4) is 66.8 Å². The van der Waals surface area contributed by atoms with Gasteiger partial charge in [0.25, 0.3) is 0 Å². The molecule has 0 aliphatic rings. The monoisotopic (exact) mass is 891 g/mol. The third-order valence-corrected chi connectivity index (χ3v) is 13.9. The van der Waals surface area contributed by atoms with Gasteiger partial charge in [-0.1, -0.05) is 224 Å². The Bertz CT molecular complexity index is 4020. The van der Waals surface area contributed by atoms with Crippen molar-refractivity contribution >= 4 is 60.5 Å². The van der Waals surface area contributed by atoms with Crippen molar-refractivity contribution in [2.45, 2.75) is 0 Å². The van der Waals surface area contributed by atoms with Crippen LogP contribution in [0.2, 0.25) is 0 Å². The largest absolute Gasteiger partial charge is 0.455 e. The minimum atomic E-state index is 0.858. The minimum absolute atomic E-state index is 0.858. The molecule has 1 heterocycles. The summed E-state index contributed by atoms with van der Waals surface area (Å²) in [5, 5.41) is 7.03. The van der Waals surface area contributed by atoms with Crippen LogP contribution in [0.1, 0.15) is 0 Å². The highest BCUT2D eigenvalue weighted by Gasteiger charge is 2.23. The van der Waals surface area contributed by atoms with Crippen LogP contribution in [0.15, 0.2) is 277 Å². The van der Waals surface area contributed by atoms with Gasteiger partial charge in [0.15, 0.2) is 0 Å². The van der Waals surface area contributed by atoms with Gasteiger partial charge in [0.2, 0.25) is 0 Å². The molecule has 0 saturated carbocycles. The highest BCUT2D eigenvalue weighted by atomic mass is 16.3. The second-order valence-corrected chi connectivity index (χ2v) is 18.0. The molecule has 1 aromatic heterocycles. The molecule has 0 saturated heterocycles. The number of rotatable bonds is 9. The molecule has 13 aromatic rings. The van der Waals surface area contributed by atoms with Crippen LogP contribution in [-0.2, 0) is 0 Å². The smallest absolute Gasteiger partial charge is 0.145 e. The van der Waals surface area contributed by atoms with E-state index in [1.807, 2.05) is 0 Å². The van der Waals surface area contributed by atoms with Crippen molar-refractivity contribution in [2.75, 3.05) is 4.90 Å². The van der Waals surface area contributed by atoms with E-state index in [-0.39, 0.29) is 0 Å². The van der Waals surface area contributed by atoms with E-state index < -0.39 is 0 Å². The molecular weight excluding hydrogens is 847 g/mol. The Morgan fingerprint density at radius 1 is 0.257 bits per heavy atom. The summed E-state index contributed by atoms with van der Waals surface area (Å²) in [6.07, 6.45) is 0. The minimum Gasteiger partial charge on any atom is -0.455 e. The van der Waals surface area contributed by atoms with E-state index in [2.05, 4.69) is 278 Å². The third-order valence-electron chi connectivity index (χ3n) is 13.9. The lowest BCUT2D eigenvalue weighted by Crippen LogP contribution is -2.10.